The zero-order chi connectivity index (χ0) is 36.7. The van der Waals surface area contributed by atoms with Gasteiger partial charge in [0.05, 0.1) is 22.2 Å². The number of aromatic amines is 1. The van der Waals surface area contributed by atoms with Gasteiger partial charge in [-0.1, -0.05) is 66.7 Å². The van der Waals surface area contributed by atoms with E-state index in [1.165, 1.54) is 17.0 Å². The Kier molecular flexibility index (Phi) is 11.7. The maximum Gasteiger partial charge on any atom is 0.412 e. The normalized spacial score (nSPS) is 14.7. The number of benzene rings is 4. The molecule has 4 aromatic carbocycles. The quantitative estimate of drug-likeness (QED) is 0.0882. The van der Waals surface area contributed by atoms with Crippen molar-refractivity contribution in [1.29, 1.82) is 0 Å². The van der Waals surface area contributed by atoms with Crippen LogP contribution in [0.3, 0.4) is 0 Å². The van der Waals surface area contributed by atoms with E-state index in [2.05, 4.69) is 20.5 Å². The first-order valence-electron chi connectivity index (χ1n) is 17.3. The van der Waals surface area contributed by atoms with Gasteiger partial charge < -0.3 is 35.8 Å². The van der Waals surface area contributed by atoms with Crippen molar-refractivity contribution in [1.82, 2.24) is 20.5 Å². The fourth-order valence-electron chi connectivity index (χ4n) is 6.76. The van der Waals surface area contributed by atoms with E-state index in [9.17, 15) is 33.3 Å². The number of anilines is 1. The number of rotatable bonds is 14. The van der Waals surface area contributed by atoms with Gasteiger partial charge in [0.1, 0.15) is 11.6 Å². The zero-order valence-electron chi connectivity index (χ0n) is 28.6. The first-order chi connectivity index (χ1) is 25.1. The van der Waals surface area contributed by atoms with Crippen LogP contribution in [0.15, 0.2) is 113 Å². The van der Waals surface area contributed by atoms with Crippen LogP contribution in [-0.2, 0) is 16.4 Å². The summed E-state index contributed by atoms with van der Waals surface area (Å²) in [6.07, 6.45) is -0.544. The summed E-state index contributed by atoms with van der Waals surface area (Å²) in [5, 5.41) is 37.9. The summed E-state index contributed by atoms with van der Waals surface area (Å²) in [6.45, 7) is 3.11. The maximum atomic E-state index is 13.0. The van der Waals surface area contributed by atoms with Gasteiger partial charge in [0.15, 0.2) is 9.84 Å². The number of H-pyrrole nitrogens is 1. The van der Waals surface area contributed by atoms with E-state index in [0.717, 1.165) is 16.7 Å². The van der Waals surface area contributed by atoms with Crippen molar-refractivity contribution in [3.63, 3.8) is 0 Å². The Balaban J connectivity index is 0.944. The number of para-hydroxylation sites is 1. The van der Waals surface area contributed by atoms with Gasteiger partial charge in [0.25, 0.3) is 0 Å². The summed E-state index contributed by atoms with van der Waals surface area (Å²) >= 11 is 0. The lowest BCUT2D eigenvalue weighted by molar-refractivity contribution is 0.176. The zero-order valence-corrected chi connectivity index (χ0v) is 29.4. The predicted octanol–water partition coefficient (Wildman–Crippen LogP) is 4.69. The van der Waals surface area contributed by atoms with E-state index in [0.29, 0.717) is 62.2 Å². The largest absolute Gasteiger partial charge is 0.506 e. The molecule has 1 amide bonds. The summed E-state index contributed by atoms with van der Waals surface area (Å²) in [6, 6.07) is 29.7. The Labute approximate surface area is 302 Å². The molecule has 272 valence electrons. The Morgan fingerprint density at radius 1 is 0.904 bits per heavy atom. The number of phenols is 1. The smallest absolute Gasteiger partial charge is 0.412 e. The lowest BCUT2D eigenvalue weighted by atomic mass is 9.98. The average Bonchev–Trinajstić information content (AvgIpc) is 3.15. The lowest BCUT2D eigenvalue weighted by Gasteiger charge is -2.38. The van der Waals surface area contributed by atoms with Crippen LogP contribution in [0.1, 0.15) is 30.1 Å². The predicted molar refractivity (Wildman–Crippen MR) is 201 cm³/mol. The van der Waals surface area contributed by atoms with E-state index >= 15 is 0 Å². The number of aliphatic hydroxyl groups excluding tert-OH is 1. The van der Waals surface area contributed by atoms with Crippen molar-refractivity contribution < 1.29 is 28.5 Å². The molecule has 6 N–H and O–H groups in total. The van der Waals surface area contributed by atoms with Gasteiger partial charge in [0.2, 0.25) is 5.56 Å². The standard InChI is InChI=1S/C39H43N5O7S/c45-35-16-14-32(33-15-17-37(47)42-38(33)35)36(46)25-41-24-27-10-12-30(13-11-27)52(50,51)26-40-20-23-43-21-18-29(19-22-43)44(39(48)49)34-9-5-4-8-31(34)28-6-2-1-3-7-28/h1-17,29,36,40-41,45-46H,18-26H2,(H,42,47)(H,48,49)/t36-/m0/s1. The Morgan fingerprint density at radius 3 is 2.35 bits per heavy atom. The number of nitrogens with one attached hydrogen (secondary N) is 3. The number of carbonyl (C=O) groups is 1. The minimum Gasteiger partial charge on any atom is -0.506 e. The number of hydrogen-bond donors (Lipinski definition) is 6. The van der Waals surface area contributed by atoms with Crippen LogP contribution in [0.25, 0.3) is 22.0 Å². The van der Waals surface area contributed by atoms with Gasteiger partial charge in [-0.15, -0.1) is 0 Å². The first kappa shape index (κ1) is 36.7. The number of nitrogens with zero attached hydrogens (tertiary/aromatic N) is 2. The number of phenolic OH excluding ortho intramolecular Hbond substituents is 1. The Morgan fingerprint density at radius 2 is 1.62 bits per heavy atom. The van der Waals surface area contributed by atoms with Crippen LogP contribution in [0, 0.1) is 0 Å². The van der Waals surface area contributed by atoms with E-state index in [1.807, 2.05) is 54.6 Å². The monoisotopic (exact) mass is 725 g/mol. The highest BCUT2D eigenvalue weighted by molar-refractivity contribution is 7.91. The van der Waals surface area contributed by atoms with E-state index in [-0.39, 0.29) is 40.2 Å². The van der Waals surface area contributed by atoms with Crippen molar-refractivity contribution in [2.45, 2.75) is 36.4 Å². The second-order valence-corrected chi connectivity index (χ2v) is 14.9. The third-order valence-corrected chi connectivity index (χ3v) is 11.1. The molecule has 1 aliphatic rings. The molecular formula is C39H43N5O7S. The van der Waals surface area contributed by atoms with Gasteiger partial charge in [-0.3, -0.25) is 9.69 Å². The van der Waals surface area contributed by atoms with Gasteiger partial charge >= 0.3 is 6.09 Å². The molecule has 0 aliphatic carbocycles. The highest BCUT2D eigenvalue weighted by atomic mass is 32.2. The molecule has 12 nitrogen and oxygen atoms in total. The Hall–Kier alpha value is -5.05. The summed E-state index contributed by atoms with van der Waals surface area (Å²) in [5.41, 5.74) is 3.82. The highest BCUT2D eigenvalue weighted by Gasteiger charge is 2.30. The third kappa shape index (κ3) is 8.69. The van der Waals surface area contributed by atoms with Crippen LogP contribution in [0.5, 0.6) is 5.75 Å². The number of aromatic hydroxyl groups is 1. The number of likely N-dealkylation sites (tertiary alicyclic amines) is 1. The summed E-state index contributed by atoms with van der Waals surface area (Å²) < 4.78 is 26.1. The number of pyridine rings is 1. The minimum absolute atomic E-state index is 0.0782. The number of piperidine rings is 1. The molecule has 1 saturated heterocycles. The SMILES string of the molecule is O=C(O)N(c1ccccc1-c1ccccc1)C1CCN(CCNCS(=O)(=O)c2ccc(CNC[C@H](O)c3ccc(O)c4[nH]c(=O)ccc34)cc2)CC1. The average molecular weight is 726 g/mol. The number of fused-ring (bicyclic) bond motifs is 1. The molecule has 0 bridgehead atoms. The molecule has 0 unspecified atom stereocenters. The minimum atomic E-state index is -3.57. The summed E-state index contributed by atoms with van der Waals surface area (Å²) in [4.78, 5) is 30.7. The highest BCUT2D eigenvalue weighted by Crippen LogP contribution is 2.34. The number of aliphatic hydroxyl groups is 1. The molecule has 2 heterocycles. The van der Waals surface area contributed by atoms with Crippen molar-refractivity contribution in [3.05, 3.63) is 125 Å². The molecule has 1 aromatic heterocycles. The van der Waals surface area contributed by atoms with E-state index < -0.39 is 22.0 Å². The Bertz CT molecular complexity index is 2150. The molecule has 0 radical (unpaired) electrons. The second-order valence-electron chi connectivity index (χ2n) is 12.9. The molecule has 5 aromatic rings. The number of sulfone groups is 1. The molecule has 6 rings (SSSR count). The fourth-order valence-corrected chi connectivity index (χ4v) is 7.89. The van der Waals surface area contributed by atoms with Crippen LogP contribution in [-0.4, -0.2) is 84.4 Å². The maximum absolute atomic E-state index is 13.0. The van der Waals surface area contributed by atoms with Crippen molar-refractivity contribution in [2.24, 2.45) is 0 Å². The summed E-state index contributed by atoms with van der Waals surface area (Å²) in [5.74, 6) is -0.284. The third-order valence-electron chi connectivity index (χ3n) is 9.49. The number of aromatic nitrogens is 1. The number of carboxylic acid groups (broad SMARTS) is 1. The molecule has 0 spiro atoms. The fraction of sp³-hybridized carbons (Fsp3) is 0.282. The number of hydrogen-bond acceptors (Lipinski definition) is 9. The van der Waals surface area contributed by atoms with Crippen LogP contribution in [0.2, 0.25) is 0 Å². The molecule has 52 heavy (non-hydrogen) atoms. The first-order valence-corrected chi connectivity index (χ1v) is 18.9. The molecule has 1 fully saturated rings. The van der Waals surface area contributed by atoms with Crippen LogP contribution >= 0.6 is 0 Å². The van der Waals surface area contributed by atoms with Crippen LogP contribution < -0.4 is 21.1 Å². The van der Waals surface area contributed by atoms with Crippen molar-refractivity contribution in [2.75, 3.05) is 43.5 Å². The van der Waals surface area contributed by atoms with Gasteiger partial charge in [0, 0.05) is 62.3 Å². The molecular weight excluding hydrogens is 683 g/mol. The van der Waals surface area contributed by atoms with Gasteiger partial charge in [-0.05, 0) is 59.9 Å². The molecule has 1 aliphatic heterocycles. The topological polar surface area (TPSA) is 175 Å². The molecule has 13 heteroatoms. The van der Waals surface area contributed by atoms with Crippen molar-refractivity contribution in [3.8, 4) is 16.9 Å². The van der Waals surface area contributed by atoms with Gasteiger partial charge in [-0.25, -0.2) is 13.2 Å². The van der Waals surface area contributed by atoms with Gasteiger partial charge in [-0.2, -0.15) is 0 Å². The van der Waals surface area contributed by atoms with E-state index in [1.54, 1.807) is 36.4 Å². The molecule has 0 saturated carbocycles. The van der Waals surface area contributed by atoms with Crippen molar-refractivity contribution >= 4 is 32.5 Å². The van der Waals surface area contributed by atoms with E-state index in [4.69, 9.17) is 0 Å². The summed E-state index contributed by atoms with van der Waals surface area (Å²) in [7, 11) is -3.57. The van der Waals surface area contributed by atoms with Crippen LogP contribution in [0.4, 0.5) is 10.5 Å². The number of amides is 1. The second kappa shape index (κ2) is 16.5. The molecule has 1 atom stereocenters. The lowest BCUT2D eigenvalue weighted by Crippen LogP contribution is -2.48.